The fraction of sp³-hybridized carbons (Fsp3) is 0.320. The van der Waals surface area contributed by atoms with Crippen LogP contribution in [0.1, 0.15) is 19.4 Å². The molecule has 0 saturated carbocycles. The van der Waals surface area contributed by atoms with Crippen molar-refractivity contribution < 1.29 is 13.9 Å². The van der Waals surface area contributed by atoms with Crippen molar-refractivity contribution in [2.24, 2.45) is 0 Å². The van der Waals surface area contributed by atoms with E-state index in [9.17, 15) is 9.18 Å². The minimum absolute atomic E-state index is 0.0132. The van der Waals surface area contributed by atoms with Gasteiger partial charge in [-0.3, -0.25) is 9.69 Å². The molecule has 0 spiro atoms. The highest BCUT2D eigenvalue weighted by Crippen LogP contribution is 2.31. The summed E-state index contributed by atoms with van der Waals surface area (Å²) in [4.78, 5) is 17.2. The zero-order valence-corrected chi connectivity index (χ0v) is 18.5. The number of rotatable bonds is 5. The van der Waals surface area contributed by atoms with Gasteiger partial charge in [-0.2, -0.15) is 0 Å². The maximum absolute atomic E-state index is 13.2. The number of hydrogen-bond acceptors (Lipinski definition) is 3. The molecule has 2 unspecified atom stereocenters. The Morgan fingerprint density at radius 1 is 1.00 bits per heavy atom. The molecule has 2 atom stereocenters. The largest absolute Gasteiger partial charge is 0.483 e. The van der Waals surface area contributed by atoms with Crippen LogP contribution < -0.4 is 4.74 Å². The van der Waals surface area contributed by atoms with Crippen LogP contribution in [0.5, 0.6) is 5.75 Å². The Kier molecular flexibility index (Phi) is 6.44. The van der Waals surface area contributed by atoms with Crippen molar-refractivity contribution in [3.05, 3.63) is 77.1 Å². The summed E-state index contributed by atoms with van der Waals surface area (Å²) in [7, 11) is 0. The van der Waals surface area contributed by atoms with Crippen LogP contribution in [0.15, 0.2) is 60.7 Å². The summed E-state index contributed by atoms with van der Waals surface area (Å²) in [5.74, 6) is 0.401. The first-order valence-electron chi connectivity index (χ1n) is 10.5. The number of hydrogen-bond donors (Lipinski definition) is 0. The number of benzene rings is 3. The number of ether oxygens (including phenoxy) is 1. The van der Waals surface area contributed by atoms with Gasteiger partial charge < -0.3 is 9.64 Å². The lowest BCUT2D eigenvalue weighted by Gasteiger charge is -2.44. The Balaban J connectivity index is 1.39. The first kappa shape index (κ1) is 21.6. The molecule has 3 aromatic rings. The Morgan fingerprint density at radius 3 is 2.45 bits per heavy atom. The number of carbonyl (C=O) groups excluding carboxylic acids is 1. The van der Waals surface area contributed by atoms with Gasteiger partial charge in [0.25, 0.3) is 5.91 Å². The molecule has 4 nitrogen and oxygen atoms in total. The second-order valence-electron chi connectivity index (χ2n) is 8.18. The first-order valence-corrected chi connectivity index (χ1v) is 10.9. The Bertz CT molecular complexity index is 1070. The number of carbonyl (C=O) groups is 1. The fourth-order valence-corrected chi connectivity index (χ4v) is 4.40. The van der Waals surface area contributed by atoms with Crippen LogP contribution in [-0.2, 0) is 11.3 Å². The van der Waals surface area contributed by atoms with E-state index in [1.54, 1.807) is 6.07 Å². The van der Waals surface area contributed by atoms with Crippen molar-refractivity contribution >= 4 is 28.3 Å². The molecule has 0 radical (unpaired) electrons. The minimum atomic E-state index is -0.228. The van der Waals surface area contributed by atoms with Crippen LogP contribution in [0.25, 0.3) is 10.8 Å². The van der Waals surface area contributed by atoms with Gasteiger partial charge in [0, 0.05) is 47.5 Å². The molecule has 0 bridgehead atoms. The van der Waals surface area contributed by atoms with Crippen molar-refractivity contribution in [1.82, 2.24) is 9.80 Å². The first-order chi connectivity index (χ1) is 14.9. The van der Waals surface area contributed by atoms with E-state index in [0.29, 0.717) is 17.3 Å². The lowest BCUT2D eigenvalue weighted by Crippen LogP contribution is -2.58. The topological polar surface area (TPSA) is 32.8 Å². The highest BCUT2D eigenvalue weighted by molar-refractivity contribution is 6.35. The van der Waals surface area contributed by atoms with E-state index in [0.717, 1.165) is 29.4 Å². The van der Waals surface area contributed by atoms with E-state index in [4.69, 9.17) is 16.3 Å². The van der Waals surface area contributed by atoms with Crippen LogP contribution in [-0.4, -0.2) is 47.5 Å². The van der Waals surface area contributed by atoms with E-state index >= 15 is 0 Å². The van der Waals surface area contributed by atoms with Crippen molar-refractivity contribution in [3.8, 4) is 5.75 Å². The van der Waals surface area contributed by atoms with Gasteiger partial charge in [0.2, 0.25) is 0 Å². The summed E-state index contributed by atoms with van der Waals surface area (Å²) >= 11 is 6.27. The lowest BCUT2D eigenvalue weighted by atomic mass is 10.1. The lowest BCUT2D eigenvalue weighted by molar-refractivity contribution is -0.139. The molecule has 162 valence electrons. The molecule has 1 saturated heterocycles. The van der Waals surface area contributed by atoms with E-state index in [1.165, 1.54) is 12.1 Å². The number of nitrogens with zero attached hydrogens (tertiary/aromatic N) is 2. The molecule has 1 amide bonds. The average molecular weight is 441 g/mol. The molecule has 6 heteroatoms. The van der Waals surface area contributed by atoms with E-state index in [-0.39, 0.29) is 30.4 Å². The molecular formula is C25H26ClFN2O2. The van der Waals surface area contributed by atoms with Gasteiger partial charge in [-0.1, -0.05) is 48.0 Å². The highest BCUT2D eigenvalue weighted by Gasteiger charge is 2.32. The monoisotopic (exact) mass is 440 g/mol. The Morgan fingerprint density at radius 2 is 1.71 bits per heavy atom. The average Bonchev–Trinajstić information content (AvgIpc) is 2.77. The van der Waals surface area contributed by atoms with Crippen LogP contribution in [0, 0.1) is 5.82 Å². The molecule has 0 aliphatic carbocycles. The van der Waals surface area contributed by atoms with Gasteiger partial charge in [-0.05, 0) is 43.7 Å². The summed E-state index contributed by atoms with van der Waals surface area (Å²) in [6, 6.07) is 18.2. The van der Waals surface area contributed by atoms with Gasteiger partial charge in [-0.15, -0.1) is 0 Å². The molecule has 1 aliphatic rings. The predicted molar refractivity (Wildman–Crippen MR) is 122 cm³/mol. The van der Waals surface area contributed by atoms with Gasteiger partial charge in [0.15, 0.2) is 6.61 Å². The Hall–Kier alpha value is -2.63. The van der Waals surface area contributed by atoms with E-state index < -0.39 is 0 Å². The third kappa shape index (κ3) is 4.83. The molecule has 1 aliphatic heterocycles. The highest BCUT2D eigenvalue weighted by atomic mass is 35.5. The third-order valence-electron chi connectivity index (χ3n) is 5.92. The predicted octanol–water partition coefficient (Wildman–Crippen LogP) is 5.13. The molecule has 1 fully saturated rings. The van der Waals surface area contributed by atoms with Crippen molar-refractivity contribution in [3.63, 3.8) is 0 Å². The smallest absolute Gasteiger partial charge is 0.260 e. The molecule has 3 aromatic carbocycles. The number of fused-ring (bicyclic) bond motifs is 1. The molecule has 0 N–H and O–H groups in total. The van der Waals surface area contributed by atoms with Gasteiger partial charge in [0.05, 0.1) is 0 Å². The van der Waals surface area contributed by atoms with Crippen LogP contribution >= 0.6 is 11.6 Å². The summed E-state index contributed by atoms with van der Waals surface area (Å²) in [5.41, 5.74) is 1.07. The fourth-order valence-electron chi connectivity index (χ4n) is 4.17. The van der Waals surface area contributed by atoms with E-state index in [1.807, 2.05) is 47.4 Å². The minimum Gasteiger partial charge on any atom is -0.483 e. The van der Waals surface area contributed by atoms with Gasteiger partial charge in [0.1, 0.15) is 11.6 Å². The normalized spacial score (nSPS) is 19.5. The summed E-state index contributed by atoms with van der Waals surface area (Å²) in [6.07, 6.45) is 0. The SMILES string of the molecule is CC1CN(C(=O)COc2ccc(Cl)c3ccccc23)C(C)CN1Cc1ccc(F)cc1. The maximum Gasteiger partial charge on any atom is 0.260 e. The maximum atomic E-state index is 13.2. The second-order valence-corrected chi connectivity index (χ2v) is 8.59. The molecule has 31 heavy (non-hydrogen) atoms. The zero-order chi connectivity index (χ0) is 22.0. The molecule has 4 rings (SSSR count). The van der Waals surface area contributed by atoms with Crippen LogP contribution in [0.2, 0.25) is 5.02 Å². The quantitative estimate of drug-likeness (QED) is 0.551. The summed E-state index contributed by atoms with van der Waals surface area (Å²) in [5, 5.41) is 2.47. The van der Waals surface area contributed by atoms with Gasteiger partial charge >= 0.3 is 0 Å². The Labute approximate surface area is 187 Å². The molecule has 0 aromatic heterocycles. The number of amides is 1. The summed E-state index contributed by atoms with van der Waals surface area (Å²) in [6.45, 7) is 6.28. The van der Waals surface area contributed by atoms with Crippen LogP contribution in [0.4, 0.5) is 4.39 Å². The zero-order valence-electron chi connectivity index (χ0n) is 17.7. The second kappa shape index (κ2) is 9.25. The number of halogens is 2. The molecule has 1 heterocycles. The van der Waals surface area contributed by atoms with Gasteiger partial charge in [-0.25, -0.2) is 4.39 Å². The third-order valence-corrected chi connectivity index (χ3v) is 6.25. The summed E-state index contributed by atoms with van der Waals surface area (Å²) < 4.78 is 19.1. The van der Waals surface area contributed by atoms with E-state index in [2.05, 4.69) is 18.7 Å². The number of piperazine rings is 1. The van der Waals surface area contributed by atoms with Crippen molar-refractivity contribution in [1.29, 1.82) is 0 Å². The molecular weight excluding hydrogens is 415 g/mol. The van der Waals surface area contributed by atoms with Crippen molar-refractivity contribution in [2.45, 2.75) is 32.5 Å². The van der Waals surface area contributed by atoms with Crippen molar-refractivity contribution in [2.75, 3.05) is 19.7 Å². The standard InChI is InChI=1S/C25H26ClFN2O2/c1-17-14-29(18(2)13-28(17)15-19-7-9-20(27)10-8-19)25(30)16-31-24-12-11-23(26)21-5-3-4-6-22(21)24/h3-12,17-18H,13-16H2,1-2H3. The van der Waals surface area contributed by atoms with Crippen LogP contribution in [0.3, 0.4) is 0 Å².